The first-order valence-electron chi connectivity index (χ1n) is 10.6. The second kappa shape index (κ2) is 10.3. The first-order valence-corrected chi connectivity index (χ1v) is 11.4. The van der Waals surface area contributed by atoms with Crippen LogP contribution in [0.25, 0.3) is 17.0 Å². The van der Waals surface area contributed by atoms with E-state index in [0.717, 1.165) is 35.5 Å². The molecule has 0 aliphatic rings. The van der Waals surface area contributed by atoms with E-state index in [4.69, 9.17) is 0 Å². The average Bonchev–Trinajstić information content (AvgIpc) is 3.40. The summed E-state index contributed by atoms with van der Waals surface area (Å²) in [4.78, 5) is 28.9. The number of halogens is 1. The Kier molecular flexibility index (Phi) is 7.07. The summed E-state index contributed by atoms with van der Waals surface area (Å²) in [5, 5.41) is 20.5. The number of para-hydroxylation sites is 1. The fourth-order valence-electron chi connectivity index (χ4n) is 3.46. The molecule has 0 unspecified atom stereocenters. The Morgan fingerprint density at radius 1 is 1.21 bits per heavy atom. The second-order valence-corrected chi connectivity index (χ2v) is 8.52. The van der Waals surface area contributed by atoms with Crippen molar-refractivity contribution in [1.29, 1.82) is 0 Å². The van der Waals surface area contributed by atoms with Crippen LogP contribution in [0.4, 0.5) is 10.1 Å². The van der Waals surface area contributed by atoms with Crippen molar-refractivity contribution in [2.45, 2.75) is 31.5 Å². The molecule has 2 aromatic carbocycles. The summed E-state index contributed by atoms with van der Waals surface area (Å²) < 4.78 is 14.9. The average molecular weight is 480 g/mol. The molecule has 0 aliphatic carbocycles. The number of carbonyl (C=O) groups is 2. The van der Waals surface area contributed by atoms with Crippen LogP contribution in [0, 0.1) is 5.82 Å². The molecule has 0 spiro atoms. The van der Waals surface area contributed by atoms with E-state index in [1.165, 1.54) is 24.3 Å². The lowest BCUT2D eigenvalue weighted by molar-refractivity contribution is -0.131. The smallest absolute Gasteiger partial charge is 0.342 e. The van der Waals surface area contributed by atoms with Crippen LogP contribution in [0.2, 0.25) is 0 Å². The van der Waals surface area contributed by atoms with Crippen molar-refractivity contribution in [1.82, 2.24) is 19.7 Å². The van der Waals surface area contributed by atoms with Crippen LogP contribution in [0.15, 0.2) is 64.8 Å². The van der Waals surface area contributed by atoms with E-state index in [1.807, 2.05) is 31.2 Å². The number of hydrogen-bond donors (Lipinski definition) is 3. The molecule has 2 heterocycles. The predicted octanol–water partition coefficient (Wildman–Crippen LogP) is 4.71. The van der Waals surface area contributed by atoms with Gasteiger partial charge in [0, 0.05) is 34.8 Å². The van der Waals surface area contributed by atoms with Crippen molar-refractivity contribution in [3.05, 3.63) is 76.8 Å². The number of amides is 1. The van der Waals surface area contributed by atoms with Gasteiger partial charge in [0.05, 0.1) is 0 Å². The highest BCUT2D eigenvalue weighted by molar-refractivity contribution is 8.04. The minimum absolute atomic E-state index is 0.00256. The molecule has 0 bridgehead atoms. The zero-order valence-corrected chi connectivity index (χ0v) is 19.1. The lowest BCUT2D eigenvalue weighted by atomic mass is 10.1. The lowest BCUT2D eigenvalue weighted by Gasteiger charge is -2.07. The number of aliphatic carboxylic acids is 1. The number of anilines is 1. The molecule has 3 N–H and O–H groups in total. The lowest BCUT2D eigenvalue weighted by Crippen LogP contribution is -2.18. The van der Waals surface area contributed by atoms with Crippen molar-refractivity contribution < 1.29 is 19.1 Å². The van der Waals surface area contributed by atoms with Gasteiger partial charge in [0.15, 0.2) is 0 Å². The largest absolute Gasteiger partial charge is 0.477 e. The van der Waals surface area contributed by atoms with Gasteiger partial charge in [-0.25, -0.2) is 14.2 Å². The van der Waals surface area contributed by atoms with Crippen LogP contribution in [0.5, 0.6) is 0 Å². The number of hydrogen-bond acceptors (Lipinski definition) is 5. The van der Waals surface area contributed by atoms with Gasteiger partial charge in [-0.15, -0.1) is 5.10 Å². The fourth-order valence-corrected chi connectivity index (χ4v) is 4.17. The van der Waals surface area contributed by atoms with Crippen molar-refractivity contribution in [2.75, 3.05) is 5.32 Å². The molecule has 4 aromatic rings. The number of H-pyrrole nitrogens is 1. The summed E-state index contributed by atoms with van der Waals surface area (Å²) in [5.74, 6) is -1.07. The maximum absolute atomic E-state index is 13.1. The Balaban J connectivity index is 1.60. The van der Waals surface area contributed by atoms with E-state index in [0.29, 0.717) is 22.2 Å². The molecule has 0 fully saturated rings. The highest BCUT2D eigenvalue weighted by atomic mass is 32.2. The molecular formula is C24H22FN5O3S. The molecule has 174 valence electrons. The van der Waals surface area contributed by atoms with Gasteiger partial charge in [0.2, 0.25) is 11.1 Å². The third-order valence-electron chi connectivity index (χ3n) is 4.96. The molecule has 0 radical (unpaired) electrons. The number of thioether (sulfide) groups is 1. The van der Waals surface area contributed by atoms with E-state index < -0.39 is 5.97 Å². The van der Waals surface area contributed by atoms with Gasteiger partial charge in [-0.2, -0.15) is 0 Å². The minimum Gasteiger partial charge on any atom is -0.477 e. The third kappa shape index (κ3) is 5.52. The quantitative estimate of drug-likeness (QED) is 0.237. The molecule has 1 amide bonds. The van der Waals surface area contributed by atoms with Gasteiger partial charge in [-0.3, -0.25) is 9.89 Å². The molecular weight excluding hydrogens is 457 g/mol. The molecule has 0 aliphatic heterocycles. The summed E-state index contributed by atoms with van der Waals surface area (Å²) >= 11 is 0.962. The zero-order valence-electron chi connectivity index (χ0n) is 18.3. The number of carbonyl (C=O) groups excluding carboxylic acids is 1. The van der Waals surface area contributed by atoms with Crippen molar-refractivity contribution >= 4 is 46.3 Å². The number of aromatic nitrogens is 4. The number of carboxylic acids is 1. The van der Waals surface area contributed by atoms with E-state index in [-0.39, 0.29) is 23.2 Å². The Morgan fingerprint density at radius 3 is 2.71 bits per heavy atom. The van der Waals surface area contributed by atoms with Crippen LogP contribution in [-0.2, 0) is 22.6 Å². The Labute approximate surface area is 198 Å². The summed E-state index contributed by atoms with van der Waals surface area (Å²) in [6, 6.07) is 12.9. The molecule has 4 rings (SSSR count). The van der Waals surface area contributed by atoms with Gasteiger partial charge >= 0.3 is 5.97 Å². The molecule has 0 saturated carbocycles. The Hall–Kier alpha value is -3.92. The number of aromatic amines is 1. The molecule has 2 aromatic heterocycles. The second-order valence-electron chi connectivity index (χ2n) is 7.52. The number of nitrogens with zero attached hydrogens (tertiary/aromatic N) is 3. The van der Waals surface area contributed by atoms with E-state index in [1.54, 1.807) is 16.8 Å². The Bertz CT molecular complexity index is 1360. The van der Waals surface area contributed by atoms with Crippen LogP contribution >= 0.6 is 11.8 Å². The van der Waals surface area contributed by atoms with Gasteiger partial charge < -0.3 is 15.0 Å². The van der Waals surface area contributed by atoms with Crippen molar-refractivity contribution in [3.63, 3.8) is 0 Å². The fraction of sp³-hybridized carbons (Fsp3) is 0.167. The van der Waals surface area contributed by atoms with Crippen LogP contribution in [-0.4, -0.2) is 36.7 Å². The highest BCUT2D eigenvalue weighted by Gasteiger charge is 2.16. The molecule has 0 saturated heterocycles. The summed E-state index contributed by atoms with van der Waals surface area (Å²) in [6.07, 6.45) is 4.92. The maximum Gasteiger partial charge on any atom is 0.342 e. The minimum atomic E-state index is -1.10. The van der Waals surface area contributed by atoms with Gasteiger partial charge in [0.25, 0.3) is 0 Å². The summed E-state index contributed by atoms with van der Waals surface area (Å²) in [5.41, 5.74) is 1.92. The zero-order chi connectivity index (χ0) is 24.1. The monoisotopic (exact) mass is 479 g/mol. The van der Waals surface area contributed by atoms with E-state index in [2.05, 4.69) is 20.5 Å². The van der Waals surface area contributed by atoms with Gasteiger partial charge in [0.1, 0.15) is 23.1 Å². The van der Waals surface area contributed by atoms with E-state index in [9.17, 15) is 19.1 Å². The molecule has 0 atom stereocenters. The first kappa shape index (κ1) is 23.2. The molecule has 34 heavy (non-hydrogen) atoms. The topological polar surface area (TPSA) is 113 Å². The van der Waals surface area contributed by atoms with Crippen LogP contribution < -0.4 is 5.32 Å². The van der Waals surface area contributed by atoms with Crippen LogP contribution in [0.1, 0.15) is 24.7 Å². The summed E-state index contributed by atoms with van der Waals surface area (Å²) in [7, 11) is 0. The molecule has 8 nitrogen and oxygen atoms in total. The van der Waals surface area contributed by atoms with Gasteiger partial charge in [-0.05, 0) is 54.6 Å². The van der Waals surface area contributed by atoms with E-state index >= 15 is 0 Å². The van der Waals surface area contributed by atoms with Crippen molar-refractivity contribution in [2.24, 2.45) is 0 Å². The number of carboxylic acid groups (broad SMARTS) is 1. The number of rotatable bonds is 9. The number of benzene rings is 2. The molecule has 10 heteroatoms. The number of fused-ring (bicyclic) bond motifs is 1. The Morgan fingerprint density at radius 2 is 1.97 bits per heavy atom. The number of aryl methyl sites for hydroxylation is 1. The van der Waals surface area contributed by atoms with Crippen LogP contribution in [0.3, 0.4) is 0 Å². The SMILES string of the molecule is CCCc1nc(S/C(=C\c2cn(CC(=O)Nc3ccc(F)cc3)c3ccccc23)C(=O)O)n[nH]1. The normalized spacial score (nSPS) is 11.6. The maximum atomic E-state index is 13.1. The third-order valence-corrected chi connectivity index (χ3v) is 5.84. The van der Waals surface area contributed by atoms with Crippen molar-refractivity contribution in [3.8, 4) is 0 Å². The van der Waals surface area contributed by atoms with Gasteiger partial charge in [-0.1, -0.05) is 25.1 Å². The number of nitrogens with one attached hydrogen (secondary N) is 2. The predicted molar refractivity (Wildman–Crippen MR) is 129 cm³/mol. The highest BCUT2D eigenvalue weighted by Crippen LogP contribution is 2.29. The first-order chi connectivity index (χ1) is 16.4. The standard InChI is InChI=1S/C24H22FN5O3S/c1-2-5-21-27-24(29-28-21)34-20(23(32)33)12-15-13-30(19-7-4-3-6-18(15)19)14-22(31)26-17-10-8-16(25)9-11-17/h3-4,6-13H,2,5,14H2,1H3,(H,26,31)(H,32,33)(H,27,28,29)/b20-12-. The summed E-state index contributed by atoms with van der Waals surface area (Å²) in [6.45, 7) is 2.02.